The van der Waals surface area contributed by atoms with E-state index >= 15 is 0 Å². The first kappa shape index (κ1) is 17.2. The zero-order valence-electron chi connectivity index (χ0n) is 15.7. The molecular formula is C23H21NO4. The van der Waals surface area contributed by atoms with Crippen LogP contribution in [0, 0.1) is 17.8 Å². The quantitative estimate of drug-likeness (QED) is 0.837. The van der Waals surface area contributed by atoms with Crippen LogP contribution in [0.4, 0.5) is 0 Å². The van der Waals surface area contributed by atoms with Gasteiger partial charge in [-0.05, 0) is 28.2 Å². The lowest BCUT2D eigenvalue weighted by Crippen LogP contribution is -2.48. The summed E-state index contributed by atoms with van der Waals surface area (Å²) in [4.78, 5) is 39.9. The molecule has 2 aromatic rings. The van der Waals surface area contributed by atoms with E-state index in [1.165, 1.54) is 0 Å². The minimum Gasteiger partial charge on any atom is -0.480 e. The molecule has 2 aromatic carbocycles. The number of aliphatic carboxylic acids is 1. The van der Waals surface area contributed by atoms with Crippen molar-refractivity contribution in [2.24, 2.45) is 17.8 Å². The zero-order valence-corrected chi connectivity index (χ0v) is 15.7. The number of likely N-dealkylation sites (tertiary alicyclic amines) is 1. The highest BCUT2D eigenvalue weighted by atomic mass is 16.4. The maximum Gasteiger partial charge on any atom is 0.327 e. The molecule has 6 rings (SSSR count). The first-order chi connectivity index (χ1) is 13.4. The van der Waals surface area contributed by atoms with Crippen LogP contribution >= 0.6 is 0 Å². The minimum absolute atomic E-state index is 0.203. The number of amides is 2. The average Bonchev–Trinajstić information content (AvgIpc) is 2.93. The number of hydrogen-bond acceptors (Lipinski definition) is 3. The molecule has 2 bridgehead atoms. The maximum atomic E-state index is 13.5. The number of carboxylic acids is 1. The molecule has 2 amide bonds. The van der Waals surface area contributed by atoms with Crippen molar-refractivity contribution in [2.75, 3.05) is 0 Å². The van der Waals surface area contributed by atoms with E-state index in [2.05, 4.69) is 0 Å². The third-order valence-corrected chi connectivity index (χ3v) is 6.65. The van der Waals surface area contributed by atoms with Crippen molar-refractivity contribution in [1.82, 2.24) is 4.90 Å². The van der Waals surface area contributed by atoms with Crippen LogP contribution in [0.25, 0.3) is 0 Å². The molecule has 1 aliphatic heterocycles. The Labute approximate surface area is 163 Å². The van der Waals surface area contributed by atoms with E-state index in [9.17, 15) is 19.5 Å². The highest BCUT2D eigenvalue weighted by molar-refractivity contribution is 6.10. The van der Waals surface area contributed by atoms with Gasteiger partial charge in [0.05, 0.1) is 11.8 Å². The molecule has 0 spiro atoms. The van der Waals surface area contributed by atoms with Crippen LogP contribution in [0.15, 0.2) is 48.5 Å². The number of rotatable bonds is 3. The second kappa shape index (κ2) is 5.77. The smallest absolute Gasteiger partial charge is 0.327 e. The Morgan fingerprint density at radius 1 is 0.821 bits per heavy atom. The fraction of sp³-hybridized carbons (Fsp3) is 0.348. The summed E-state index contributed by atoms with van der Waals surface area (Å²) < 4.78 is 0. The van der Waals surface area contributed by atoms with E-state index in [4.69, 9.17) is 0 Å². The van der Waals surface area contributed by atoms with Gasteiger partial charge in [-0.3, -0.25) is 14.5 Å². The molecule has 4 aliphatic rings. The van der Waals surface area contributed by atoms with E-state index in [-0.39, 0.29) is 29.6 Å². The molecule has 5 nitrogen and oxygen atoms in total. The molecule has 0 unspecified atom stereocenters. The first-order valence-corrected chi connectivity index (χ1v) is 9.70. The van der Waals surface area contributed by atoms with Crippen LogP contribution in [0.5, 0.6) is 0 Å². The van der Waals surface area contributed by atoms with Crippen LogP contribution in [0.3, 0.4) is 0 Å². The lowest BCUT2D eigenvalue weighted by molar-refractivity contribution is -0.157. The first-order valence-electron chi connectivity index (χ1n) is 9.70. The van der Waals surface area contributed by atoms with Crippen molar-refractivity contribution in [3.8, 4) is 0 Å². The minimum atomic E-state index is -1.13. The van der Waals surface area contributed by atoms with E-state index in [0.29, 0.717) is 0 Å². The normalized spacial score (nSPS) is 28.2. The molecule has 1 saturated heterocycles. The summed E-state index contributed by atoms with van der Waals surface area (Å²) in [6, 6.07) is 14.9. The van der Waals surface area contributed by atoms with Gasteiger partial charge in [-0.1, -0.05) is 62.4 Å². The highest BCUT2D eigenvalue weighted by Crippen LogP contribution is 2.61. The lowest BCUT2D eigenvalue weighted by Gasteiger charge is -2.45. The van der Waals surface area contributed by atoms with Crippen molar-refractivity contribution in [3.63, 3.8) is 0 Å². The molecule has 1 N–H and O–H groups in total. The Hall–Kier alpha value is -2.95. The van der Waals surface area contributed by atoms with Crippen LogP contribution < -0.4 is 0 Å². The summed E-state index contributed by atoms with van der Waals surface area (Å²) in [5, 5.41) is 9.72. The van der Waals surface area contributed by atoms with Gasteiger partial charge >= 0.3 is 5.97 Å². The number of carboxylic acid groups (broad SMARTS) is 1. The van der Waals surface area contributed by atoms with Crippen molar-refractivity contribution < 1.29 is 19.5 Å². The standard InChI is InChI=1S/C23H21NO4/c1-11(2)20(23(27)28)24-21(25)18-16-12-7-3-4-8-13(12)17(19(18)22(24)26)15-10-6-5-9-14(15)16/h3-11,16-20H,1-2H3,(H,27,28)/t16?,17?,18-,19+,20-/m1/s1. The van der Waals surface area contributed by atoms with Gasteiger partial charge in [-0.25, -0.2) is 4.79 Å². The lowest BCUT2D eigenvalue weighted by atomic mass is 9.55. The molecule has 1 fully saturated rings. The Balaban J connectivity index is 1.72. The van der Waals surface area contributed by atoms with E-state index in [0.717, 1.165) is 27.2 Å². The van der Waals surface area contributed by atoms with Crippen molar-refractivity contribution >= 4 is 17.8 Å². The predicted molar refractivity (Wildman–Crippen MR) is 102 cm³/mol. The fourth-order valence-corrected chi connectivity index (χ4v) is 5.67. The molecule has 1 heterocycles. The Morgan fingerprint density at radius 3 is 1.46 bits per heavy atom. The van der Waals surface area contributed by atoms with E-state index in [1.807, 2.05) is 48.5 Å². The zero-order chi connectivity index (χ0) is 19.7. The van der Waals surface area contributed by atoms with Gasteiger partial charge in [0.15, 0.2) is 0 Å². The van der Waals surface area contributed by atoms with Gasteiger partial charge in [0, 0.05) is 11.8 Å². The molecule has 3 aliphatic carbocycles. The van der Waals surface area contributed by atoms with Gasteiger partial charge < -0.3 is 5.11 Å². The summed E-state index contributed by atoms with van der Waals surface area (Å²) in [6.07, 6.45) is 0. The Bertz CT molecular complexity index is 911. The molecule has 0 saturated carbocycles. The van der Waals surface area contributed by atoms with E-state index in [1.54, 1.807) is 13.8 Å². The molecule has 0 radical (unpaired) electrons. The number of carbonyl (C=O) groups excluding carboxylic acids is 2. The summed E-state index contributed by atoms with van der Waals surface area (Å²) in [7, 11) is 0. The Kier molecular flexibility index (Phi) is 3.54. The molecule has 142 valence electrons. The van der Waals surface area contributed by atoms with Crippen LogP contribution in [0.1, 0.15) is 47.9 Å². The van der Waals surface area contributed by atoms with Gasteiger partial charge in [-0.2, -0.15) is 0 Å². The molecule has 3 atom stereocenters. The van der Waals surface area contributed by atoms with Crippen molar-refractivity contribution in [2.45, 2.75) is 31.7 Å². The number of carbonyl (C=O) groups is 3. The summed E-state index contributed by atoms with van der Waals surface area (Å²) in [6.45, 7) is 3.47. The van der Waals surface area contributed by atoms with E-state index < -0.39 is 23.8 Å². The van der Waals surface area contributed by atoms with Gasteiger partial charge in [0.1, 0.15) is 6.04 Å². The molecule has 5 heteroatoms. The van der Waals surface area contributed by atoms with Crippen molar-refractivity contribution in [1.29, 1.82) is 0 Å². The van der Waals surface area contributed by atoms with Crippen LogP contribution in [-0.2, 0) is 14.4 Å². The maximum absolute atomic E-state index is 13.5. The van der Waals surface area contributed by atoms with Gasteiger partial charge in [-0.15, -0.1) is 0 Å². The van der Waals surface area contributed by atoms with Crippen molar-refractivity contribution in [3.05, 3.63) is 70.8 Å². The summed E-state index contributed by atoms with van der Waals surface area (Å²) in [5.41, 5.74) is 4.36. The highest BCUT2D eigenvalue weighted by Gasteiger charge is 2.63. The third kappa shape index (κ3) is 1.99. The topological polar surface area (TPSA) is 74.7 Å². The van der Waals surface area contributed by atoms with Crippen LogP contribution in [-0.4, -0.2) is 33.8 Å². The molecular weight excluding hydrogens is 354 g/mol. The number of benzene rings is 2. The number of hydrogen-bond donors (Lipinski definition) is 1. The molecule has 28 heavy (non-hydrogen) atoms. The SMILES string of the molecule is CC(C)[C@H](C(=O)O)N1C(=O)[C@@H]2C3c4ccccc4C(c4ccccc43)[C@@H]2C1=O. The largest absolute Gasteiger partial charge is 0.480 e. The summed E-state index contributed by atoms with van der Waals surface area (Å²) in [5.74, 6) is -3.61. The van der Waals surface area contributed by atoms with Crippen LogP contribution in [0.2, 0.25) is 0 Å². The molecule has 0 aromatic heterocycles. The monoisotopic (exact) mass is 375 g/mol. The predicted octanol–water partition coefficient (Wildman–Crippen LogP) is 2.99. The number of nitrogens with zero attached hydrogens (tertiary/aromatic N) is 1. The summed E-state index contributed by atoms with van der Waals surface area (Å²) >= 11 is 0. The Morgan fingerprint density at radius 2 is 1.18 bits per heavy atom. The fourth-order valence-electron chi connectivity index (χ4n) is 5.67. The average molecular weight is 375 g/mol. The van der Waals surface area contributed by atoms with Gasteiger partial charge in [0.2, 0.25) is 11.8 Å². The number of imide groups is 1. The third-order valence-electron chi connectivity index (χ3n) is 6.65. The second-order valence-corrected chi connectivity index (χ2v) is 8.34. The second-order valence-electron chi connectivity index (χ2n) is 8.34. The van der Waals surface area contributed by atoms with Gasteiger partial charge in [0.25, 0.3) is 0 Å².